The molecule has 192 valence electrons. The third-order valence-electron chi connectivity index (χ3n) is 5.68. The van der Waals surface area contributed by atoms with Crippen LogP contribution in [-0.4, -0.2) is 20.9 Å². The summed E-state index contributed by atoms with van der Waals surface area (Å²) in [5.41, 5.74) is -2.45. The molecule has 3 aromatic rings. The highest BCUT2D eigenvalue weighted by atomic mass is 35.5. The van der Waals surface area contributed by atoms with Crippen molar-refractivity contribution >= 4 is 45.2 Å². The zero-order valence-electron chi connectivity index (χ0n) is 17.7. The van der Waals surface area contributed by atoms with E-state index >= 15 is 0 Å². The number of hydrogen-bond acceptors (Lipinski definition) is 4. The molecule has 36 heavy (non-hydrogen) atoms. The molecule has 0 radical (unpaired) electrons. The van der Waals surface area contributed by atoms with E-state index in [1.165, 1.54) is 24.3 Å². The quantitative estimate of drug-likeness (QED) is 0.286. The minimum atomic E-state index is -10.2. The van der Waals surface area contributed by atoms with Gasteiger partial charge >= 0.3 is 16.2 Å². The number of rotatable bonds is 7. The highest BCUT2D eigenvalue weighted by molar-refractivity contribution is 8.45. The van der Waals surface area contributed by atoms with Crippen LogP contribution in [0, 0.1) is 17.1 Å². The molecule has 0 aliphatic heterocycles. The van der Waals surface area contributed by atoms with Gasteiger partial charge in [0.05, 0.1) is 21.0 Å². The Balaban J connectivity index is 1.95. The number of nitrogens with zero attached hydrogens (tertiary/aromatic N) is 3. The first-order chi connectivity index (χ1) is 16.5. The molecule has 6 nitrogen and oxygen atoms in total. The van der Waals surface area contributed by atoms with Crippen LogP contribution in [0.4, 0.5) is 29.6 Å². The average Bonchev–Trinajstić information content (AvgIpc) is 3.48. The molecule has 4 rings (SSSR count). The number of halogens is 8. The molecule has 1 aromatic heterocycles. The van der Waals surface area contributed by atoms with Crippen molar-refractivity contribution in [2.24, 2.45) is 0 Å². The van der Waals surface area contributed by atoms with E-state index in [2.05, 4.69) is 10.4 Å². The number of benzene rings is 2. The van der Waals surface area contributed by atoms with E-state index in [4.69, 9.17) is 23.2 Å². The van der Waals surface area contributed by atoms with Gasteiger partial charge in [-0.25, -0.2) is 9.07 Å². The van der Waals surface area contributed by atoms with Crippen molar-refractivity contribution in [1.82, 2.24) is 9.78 Å². The van der Waals surface area contributed by atoms with E-state index < -0.39 is 53.7 Å². The Kier molecular flexibility index (Phi) is 5.57. The number of nitrogens with one attached hydrogen (secondary N) is 1. The second-order valence-electron chi connectivity index (χ2n) is 8.13. The summed E-state index contributed by atoms with van der Waals surface area (Å²) in [4.78, 5) is 9.71. The number of nitriles is 1. The van der Waals surface area contributed by atoms with E-state index in [9.17, 15) is 39.0 Å². The Morgan fingerprint density at radius 2 is 1.75 bits per heavy atom. The van der Waals surface area contributed by atoms with E-state index in [1.807, 2.05) is 0 Å². The molecule has 0 atom stereocenters. The maximum Gasteiger partial charge on any atom is 0.314 e. The van der Waals surface area contributed by atoms with Gasteiger partial charge in [-0.1, -0.05) is 60.8 Å². The highest BCUT2D eigenvalue weighted by Crippen LogP contribution is 3.02. The summed E-state index contributed by atoms with van der Waals surface area (Å²) >= 11 is 11.9. The number of anilines is 1. The lowest BCUT2D eigenvalue weighted by atomic mass is 9.95. The van der Waals surface area contributed by atoms with Gasteiger partial charge in [-0.3, -0.25) is 4.79 Å². The SMILES string of the molecule is N#Cc1nn(-c2c(Cl)cc(S(F)(F)(F)(F)F)cc2Cl)c(NCc2ccccc2F)c1C1(C(=O)O)CC1. The van der Waals surface area contributed by atoms with Crippen LogP contribution < -0.4 is 5.32 Å². The fourth-order valence-electron chi connectivity index (χ4n) is 3.76. The monoisotopic (exact) mass is 570 g/mol. The molecule has 2 N–H and O–H groups in total. The molecule has 1 fully saturated rings. The highest BCUT2D eigenvalue weighted by Gasteiger charge is 2.65. The number of carboxylic acids is 1. The van der Waals surface area contributed by atoms with Gasteiger partial charge < -0.3 is 10.4 Å². The second-order valence-corrected chi connectivity index (χ2v) is 11.4. The van der Waals surface area contributed by atoms with Gasteiger partial charge in [0, 0.05) is 12.1 Å². The number of carbonyl (C=O) groups is 1. The molecule has 1 aliphatic rings. The lowest BCUT2D eigenvalue weighted by Gasteiger charge is -2.40. The van der Waals surface area contributed by atoms with Gasteiger partial charge in [-0.2, -0.15) is 10.4 Å². The van der Waals surface area contributed by atoms with E-state index in [0.29, 0.717) is 0 Å². The molecule has 0 unspecified atom stereocenters. The molecule has 0 spiro atoms. The van der Waals surface area contributed by atoms with Crippen LogP contribution in [0.25, 0.3) is 5.69 Å². The van der Waals surface area contributed by atoms with E-state index in [-0.39, 0.29) is 48.5 Å². The molecule has 1 aliphatic carbocycles. The van der Waals surface area contributed by atoms with Crippen molar-refractivity contribution in [3.05, 3.63) is 69.1 Å². The van der Waals surface area contributed by atoms with Crippen LogP contribution in [0.5, 0.6) is 0 Å². The Morgan fingerprint density at radius 3 is 2.22 bits per heavy atom. The summed E-state index contributed by atoms with van der Waals surface area (Å²) in [6, 6.07) is 7.24. The van der Waals surface area contributed by atoms with Crippen molar-refractivity contribution in [2.45, 2.75) is 29.7 Å². The number of carboxylic acid groups (broad SMARTS) is 1. The van der Waals surface area contributed by atoms with Crippen molar-refractivity contribution in [2.75, 3.05) is 5.32 Å². The van der Waals surface area contributed by atoms with Crippen molar-refractivity contribution in [3.63, 3.8) is 0 Å². The number of aromatic nitrogens is 2. The average molecular weight is 571 g/mol. The smallest absolute Gasteiger partial charge is 0.314 e. The van der Waals surface area contributed by atoms with Crippen molar-refractivity contribution < 1.29 is 33.7 Å². The standard InChI is InChI=1S/C21H14Cl2F6N4O2S/c22-13-7-12(36(25,26,27,28)29)8-14(23)18(13)33-19(31-10-11-3-1-2-4-15(11)24)17(16(9-30)32-33)21(5-6-21)20(34)35/h1-4,7-8,31H,5-6,10H2,(H,34,35). The first-order valence-electron chi connectivity index (χ1n) is 9.96. The van der Waals surface area contributed by atoms with Crippen LogP contribution in [0.2, 0.25) is 10.0 Å². The lowest BCUT2D eigenvalue weighted by molar-refractivity contribution is -0.140. The third-order valence-corrected chi connectivity index (χ3v) is 7.38. The fourth-order valence-corrected chi connectivity index (χ4v) is 5.22. The van der Waals surface area contributed by atoms with Crippen LogP contribution in [0.1, 0.15) is 29.7 Å². The molecule has 15 heteroatoms. The van der Waals surface area contributed by atoms with Crippen LogP contribution in [0.15, 0.2) is 41.3 Å². The largest absolute Gasteiger partial charge is 0.481 e. The Labute approximate surface area is 209 Å². The minimum absolute atomic E-state index is 0.0253. The van der Waals surface area contributed by atoms with Crippen LogP contribution in [0.3, 0.4) is 0 Å². The zero-order chi connectivity index (χ0) is 26.7. The number of aliphatic carboxylic acids is 1. The zero-order valence-corrected chi connectivity index (χ0v) is 20.0. The van der Waals surface area contributed by atoms with Crippen LogP contribution >= 0.6 is 33.4 Å². The molecule has 1 saturated carbocycles. The van der Waals surface area contributed by atoms with Crippen molar-refractivity contribution in [3.8, 4) is 11.8 Å². The maximum absolute atomic E-state index is 14.2. The van der Waals surface area contributed by atoms with Gasteiger partial charge in [-0.05, 0) is 31.0 Å². The van der Waals surface area contributed by atoms with Gasteiger partial charge in [0.25, 0.3) is 0 Å². The number of hydrogen-bond donors (Lipinski definition) is 2. The maximum atomic E-state index is 14.2. The molecule has 2 aromatic carbocycles. The summed E-state index contributed by atoms with van der Waals surface area (Å²) in [5, 5.41) is 24.4. The third kappa shape index (κ3) is 4.56. The van der Waals surface area contributed by atoms with Crippen LogP contribution in [-0.2, 0) is 16.8 Å². The predicted octanol–water partition coefficient (Wildman–Crippen LogP) is 7.58. The molecule has 0 saturated heterocycles. The molecular formula is C21H14Cl2F6N4O2S. The Hall–Kier alpha value is -3.08. The first kappa shape index (κ1) is 26.0. The molecular weight excluding hydrogens is 557 g/mol. The van der Waals surface area contributed by atoms with Gasteiger partial charge in [0.2, 0.25) is 0 Å². The Morgan fingerprint density at radius 1 is 1.17 bits per heavy atom. The van der Waals surface area contributed by atoms with Gasteiger partial charge in [0.1, 0.15) is 28.3 Å². The predicted molar refractivity (Wildman–Crippen MR) is 122 cm³/mol. The lowest BCUT2D eigenvalue weighted by Crippen LogP contribution is -2.22. The summed E-state index contributed by atoms with van der Waals surface area (Å²) in [5.74, 6) is -2.12. The summed E-state index contributed by atoms with van der Waals surface area (Å²) in [6.07, 6.45) is 0.226. The molecule has 0 bridgehead atoms. The van der Waals surface area contributed by atoms with Crippen molar-refractivity contribution in [1.29, 1.82) is 5.26 Å². The van der Waals surface area contributed by atoms with Gasteiger partial charge in [0.15, 0.2) is 5.69 Å². The minimum Gasteiger partial charge on any atom is -0.481 e. The van der Waals surface area contributed by atoms with E-state index in [1.54, 1.807) is 6.07 Å². The fraction of sp³-hybridized carbons (Fsp3) is 0.190. The normalized spacial score (nSPS) is 16.5. The first-order valence-corrected chi connectivity index (χ1v) is 12.7. The molecule has 1 heterocycles. The van der Waals surface area contributed by atoms with Gasteiger partial charge in [-0.15, -0.1) is 0 Å². The summed E-state index contributed by atoms with van der Waals surface area (Å²) < 4.78 is 81.7. The van der Waals surface area contributed by atoms with E-state index in [0.717, 1.165) is 4.68 Å². The topological polar surface area (TPSA) is 90.9 Å². The second kappa shape index (κ2) is 7.71. The summed E-state index contributed by atoms with van der Waals surface area (Å²) in [7, 11) is -10.2. The Bertz CT molecular complexity index is 1440. The molecule has 0 amide bonds. The summed E-state index contributed by atoms with van der Waals surface area (Å²) in [6.45, 7) is -0.259.